The molecule has 0 fully saturated rings. The van der Waals surface area contributed by atoms with E-state index in [2.05, 4.69) is 38.8 Å². The summed E-state index contributed by atoms with van der Waals surface area (Å²) in [5.41, 5.74) is 11.8. The van der Waals surface area contributed by atoms with Gasteiger partial charge in [0, 0.05) is 16.4 Å². The molecule has 0 aliphatic heterocycles. The highest BCUT2D eigenvalue weighted by molar-refractivity contribution is 6.31. The van der Waals surface area contributed by atoms with Crippen molar-refractivity contribution in [1.82, 2.24) is 9.97 Å². The van der Waals surface area contributed by atoms with Gasteiger partial charge in [0.05, 0.1) is 0 Å². The molecule has 2 aromatic carbocycles. The van der Waals surface area contributed by atoms with Gasteiger partial charge in [-0.05, 0) is 55.7 Å². The number of nitrogen functional groups attached to an aromatic ring is 1. The Bertz CT molecular complexity index is 924. The zero-order valence-corrected chi connectivity index (χ0v) is 15.1. The molecule has 3 rings (SSSR count). The van der Waals surface area contributed by atoms with Crippen LogP contribution in [0.1, 0.15) is 16.7 Å². The van der Waals surface area contributed by atoms with Gasteiger partial charge in [0.2, 0.25) is 0 Å². The Kier molecular flexibility index (Phi) is 4.76. The lowest BCUT2D eigenvalue weighted by atomic mass is 10.1. The van der Waals surface area contributed by atoms with E-state index in [0.717, 1.165) is 28.1 Å². The van der Waals surface area contributed by atoms with Crippen molar-refractivity contribution >= 4 is 40.3 Å². The van der Waals surface area contributed by atoms with E-state index in [0.29, 0.717) is 22.3 Å². The second-order valence-electron chi connectivity index (χ2n) is 6.02. The topological polar surface area (TPSA) is 75.9 Å². The molecule has 5 nitrogen and oxygen atoms in total. The summed E-state index contributed by atoms with van der Waals surface area (Å²) in [6.45, 7) is 6.03. The number of anilines is 5. The number of nitrogens with zero attached hydrogens (tertiary/aromatic N) is 2. The van der Waals surface area contributed by atoms with Crippen molar-refractivity contribution in [3.8, 4) is 0 Å². The summed E-state index contributed by atoms with van der Waals surface area (Å²) in [5, 5.41) is 7.16. The SMILES string of the molecule is Cc1ccc(C)c(Nc2ncnc(Nc3ccc(C)c(Cl)c3)c2N)c1. The molecule has 0 radical (unpaired) electrons. The predicted octanol–water partition coefficient (Wildman–Crippen LogP) is 5.12. The number of rotatable bonds is 4. The third kappa shape index (κ3) is 3.83. The maximum atomic E-state index is 6.25. The number of nitrogens with two attached hydrogens (primary N) is 1. The monoisotopic (exact) mass is 353 g/mol. The number of hydrogen-bond donors (Lipinski definition) is 3. The standard InChI is InChI=1S/C19H20ClN5/c1-11-4-5-13(3)16(8-11)25-19-17(21)18(22-10-23-19)24-14-7-6-12(2)15(20)9-14/h4-10H,21H2,1-3H3,(H2,22,23,24,25). The average Bonchev–Trinajstić information content (AvgIpc) is 2.58. The number of aryl methyl sites for hydroxylation is 3. The fraction of sp³-hybridized carbons (Fsp3) is 0.158. The Morgan fingerprint density at radius 3 is 2.28 bits per heavy atom. The maximum absolute atomic E-state index is 6.25. The normalized spacial score (nSPS) is 10.6. The minimum Gasteiger partial charge on any atom is -0.393 e. The first-order valence-electron chi connectivity index (χ1n) is 7.92. The molecule has 0 bridgehead atoms. The second-order valence-corrected chi connectivity index (χ2v) is 6.42. The minimum atomic E-state index is 0.445. The Hall–Kier alpha value is -2.79. The summed E-state index contributed by atoms with van der Waals surface area (Å²) in [6.07, 6.45) is 1.47. The lowest BCUT2D eigenvalue weighted by Crippen LogP contribution is -2.06. The molecule has 128 valence electrons. The van der Waals surface area contributed by atoms with Crippen molar-refractivity contribution in [2.75, 3.05) is 16.4 Å². The number of nitrogens with one attached hydrogen (secondary N) is 2. The second kappa shape index (κ2) is 6.99. The van der Waals surface area contributed by atoms with Crippen LogP contribution in [0, 0.1) is 20.8 Å². The first-order chi connectivity index (χ1) is 11.9. The fourth-order valence-electron chi connectivity index (χ4n) is 2.40. The summed E-state index contributed by atoms with van der Waals surface area (Å²) >= 11 is 6.17. The van der Waals surface area contributed by atoms with E-state index < -0.39 is 0 Å². The molecule has 1 heterocycles. The Morgan fingerprint density at radius 1 is 0.880 bits per heavy atom. The van der Waals surface area contributed by atoms with E-state index >= 15 is 0 Å². The molecule has 0 aliphatic carbocycles. The molecule has 0 saturated heterocycles. The highest BCUT2D eigenvalue weighted by Gasteiger charge is 2.10. The maximum Gasteiger partial charge on any atom is 0.159 e. The molecule has 0 aliphatic rings. The molecule has 25 heavy (non-hydrogen) atoms. The molecule has 3 aromatic rings. The summed E-state index contributed by atoms with van der Waals surface area (Å²) in [7, 11) is 0. The zero-order valence-electron chi connectivity index (χ0n) is 14.4. The van der Waals surface area contributed by atoms with Gasteiger partial charge in [0.15, 0.2) is 11.6 Å². The third-order valence-corrected chi connectivity index (χ3v) is 4.37. The van der Waals surface area contributed by atoms with Crippen molar-refractivity contribution in [2.45, 2.75) is 20.8 Å². The summed E-state index contributed by atoms with van der Waals surface area (Å²) < 4.78 is 0. The van der Waals surface area contributed by atoms with Gasteiger partial charge in [-0.25, -0.2) is 9.97 Å². The van der Waals surface area contributed by atoms with Crippen LogP contribution in [0.25, 0.3) is 0 Å². The first-order valence-corrected chi connectivity index (χ1v) is 8.30. The van der Waals surface area contributed by atoms with E-state index in [1.807, 2.05) is 39.0 Å². The van der Waals surface area contributed by atoms with E-state index in [1.165, 1.54) is 6.33 Å². The molecule has 0 saturated carbocycles. The van der Waals surface area contributed by atoms with Gasteiger partial charge in [-0.15, -0.1) is 0 Å². The largest absolute Gasteiger partial charge is 0.393 e. The quantitative estimate of drug-likeness (QED) is 0.606. The third-order valence-electron chi connectivity index (χ3n) is 3.96. The van der Waals surface area contributed by atoms with E-state index in [-0.39, 0.29) is 0 Å². The van der Waals surface area contributed by atoms with Gasteiger partial charge in [-0.3, -0.25) is 0 Å². The molecular weight excluding hydrogens is 334 g/mol. The van der Waals surface area contributed by atoms with Crippen molar-refractivity contribution in [1.29, 1.82) is 0 Å². The number of hydrogen-bond acceptors (Lipinski definition) is 5. The van der Waals surface area contributed by atoms with E-state index in [9.17, 15) is 0 Å². The molecule has 0 unspecified atom stereocenters. The molecule has 0 amide bonds. The van der Waals surface area contributed by atoms with Crippen LogP contribution in [0.5, 0.6) is 0 Å². The van der Waals surface area contributed by atoms with Crippen molar-refractivity contribution in [3.63, 3.8) is 0 Å². The van der Waals surface area contributed by atoms with Crippen molar-refractivity contribution in [3.05, 3.63) is 64.4 Å². The van der Waals surface area contributed by atoms with Gasteiger partial charge < -0.3 is 16.4 Å². The highest BCUT2D eigenvalue weighted by Crippen LogP contribution is 2.30. The Morgan fingerprint density at radius 2 is 1.56 bits per heavy atom. The molecule has 0 spiro atoms. The van der Waals surface area contributed by atoms with Gasteiger partial charge >= 0.3 is 0 Å². The average molecular weight is 354 g/mol. The van der Waals surface area contributed by atoms with Crippen molar-refractivity contribution < 1.29 is 0 Å². The van der Waals surface area contributed by atoms with Crippen LogP contribution < -0.4 is 16.4 Å². The van der Waals surface area contributed by atoms with Gasteiger partial charge in [0.1, 0.15) is 12.0 Å². The molecule has 4 N–H and O–H groups in total. The van der Waals surface area contributed by atoms with Crippen LogP contribution in [-0.2, 0) is 0 Å². The zero-order chi connectivity index (χ0) is 18.0. The van der Waals surface area contributed by atoms with Crippen LogP contribution in [0.4, 0.5) is 28.7 Å². The van der Waals surface area contributed by atoms with Crippen LogP contribution in [0.2, 0.25) is 5.02 Å². The van der Waals surface area contributed by atoms with E-state index in [4.69, 9.17) is 17.3 Å². The minimum absolute atomic E-state index is 0.445. The number of halogens is 1. The van der Waals surface area contributed by atoms with Crippen LogP contribution in [-0.4, -0.2) is 9.97 Å². The summed E-state index contributed by atoms with van der Waals surface area (Å²) in [6, 6.07) is 11.9. The van der Waals surface area contributed by atoms with Crippen LogP contribution in [0.3, 0.4) is 0 Å². The van der Waals surface area contributed by atoms with Gasteiger partial charge in [0.25, 0.3) is 0 Å². The first kappa shape index (κ1) is 17.0. The highest BCUT2D eigenvalue weighted by atomic mass is 35.5. The Balaban J connectivity index is 1.89. The molecule has 1 aromatic heterocycles. The van der Waals surface area contributed by atoms with Crippen molar-refractivity contribution in [2.24, 2.45) is 0 Å². The molecular formula is C19H20ClN5. The number of benzene rings is 2. The molecule has 6 heteroatoms. The predicted molar refractivity (Wildman–Crippen MR) is 105 cm³/mol. The lowest BCUT2D eigenvalue weighted by molar-refractivity contribution is 1.17. The Labute approximate surface area is 152 Å². The number of aromatic nitrogens is 2. The van der Waals surface area contributed by atoms with Crippen LogP contribution in [0.15, 0.2) is 42.7 Å². The van der Waals surface area contributed by atoms with Crippen LogP contribution >= 0.6 is 11.6 Å². The fourth-order valence-corrected chi connectivity index (χ4v) is 2.58. The smallest absolute Gasteiger partial charge is 0.159 e. The molecule has 0 atom stereocenters. The van der Waals surface area contributed by atoms with Gasteiger partial charge in [-0.1, -0.05) is 29.8 Å². The summed E-state index contributed by atoms with van der Waals surface area (Å²) in [4.78, 5) is 8.50. The lowest BCUT2D eigenvalue weighted by Gasteiger charge is -2.14. The van der Waals surface area contributed by atoms with E-state index in [1.54, 1.807) is 0 Å². The summed E-state index contributed by atoms with van der Waals surface area (Å²) in [5.74, 6) is 1.09. The van der Waals surface area contributed by atoms with Gasteiger partial charge in [-0.2, -0.15) is 0 Å².